The molecule has 4 heterocycles. The highest BCUT2D eigenvalue weighted by atomic mass is 32.2. The van der Waals surface area contributed by atoms with Crippen molar-refractivity contribution in [3.8, 4) is 5.69 Å². The Bertz CT molecular complexity index is 1570. The van der Waals surface area contributed by atoms with Gasteiger partial charge < -0.3 is 0 Å². The van der Waals surface area contributed by atoms with E-state index >= 15 is 0 Å². The van der Waals surface area contributed by atoms with Crippen LogP contribution in [-0.4, -0.2) is 43.1 Å². The normalized spacial score (nSPS) is 27.1. The molecule has 2 aliphatic carbocycles. The van der Waals surface area contributed by atoms with Crippen LogP contribution in [0.4, 0.5) is 13.2 Å². The average molecular weight is 641 g/mol. The van der Waals surface area contributed by atoms with Gasteiger partial charge in [-0.05, 0) is 86.2 Å². The Kier molecular flexibility index (Phi) is 8.66. The number of likely N-dealkylation sites (tertiary alicyclic amines) is 1. The molecule has 0 amide bonds. The van der Waals surface area contributed by atoms with Gasteiger partial charge >= 0.3 is 11.9 Å². The first-order chi connectivity index (χ1) is 21.6. The van der Waals surface area contributed by atoms with Gasteiger partial charge in [0.25, 0.3) is 0 Å². The summed E-state index contributed by atoms with van der Waals surface area (Å²) in [5.74, 6) is 1.40. The molecule has 4 fully saturated rings. The summed E-state index contributed by atoms with van der Waals surface area (Å²) in [6.45, 7) is 6.68. The largest absolute Gasteiger partial charge is 0.418 e. The van der Waals surface area contributed by atoms with Crippen molar-refractivity contribution in [2.24, 2.45) is 11.8 Å². The predicted molar refractivity (Wildman–Crippen MR) is 176 cm³/mol. The summed E-state index contributed by atoms with van der Waals surface area (Å²) in [5, 5.41) is 4.63. The molecule has 1 aromatic carbocycles. The van der Waals surface area contributed by atoms with E-state index in [1.165, 1.54) is 84.6 Å². The Morgan fingerprint density at radius 1 is 1.00 bits per heavy atom. The van der Waals surface area contributed by atoms with E-state index in [0.29, 0.717) is 46.8 Å². The number of hydrogen-bond acceptors (Lipinski definition) is 4. The molecule has 2 saturated carbocycles. The second kappa shape index (κ2) is 12.4. The molecule has 5 nitrogen and oxygen atoms in total. The van der Waals surface area contributed by atoms with E-state index in [2.05, 4.69) is 48.0 Å². The number of imidazole rings is 1. The first-order valence-corrected chi connectivity index (χ1v) is 18.1. The van der Waals surface area contributed by atoms with E-state index in [1.54, 1.807) is 6.20 Å². The van der Waals surface area contributed by atoms with Crippen LogP contribution < -0.4 is 11.0 Å². The van der Waals surface area contributed by atoms with E-state index in [0.717, 1.165) is 25.9 Å². The molecule has 0 bridgehead atoms. The van der Waals surface area contributed by atoms with Gasteiger partial charge in [0.2, 0.25) is 0 Å². The topological polar surface area (TPSA) is 41.7 Å². The van der Waals surface area contributed by atoms with Crippen molar-refractivity contribution in [1.29, 1.82) is 0 Å². The Labute approximate surface area is 268 Å². The number of halogens is 3. The fraction of sp³-hybridized carbons (Fsp3) is 0.639. The molecule has 244 valence electrons. The minimum atomic E-state index is -4.57. The fourth-order valence-corrected chi connectivity index (χ4v) is 10.5. The number of pyridine rings is 1. The number of rotatable bonds is 6. The molecule has 2 saturated heterocycles. The second-order valence-electron chi connectivity index (χ2n) is 14.5. The summed E-state index contributed by atoms with van der Waals surface area (Å²) in [5.41, 5.74) is 1.04. The summed E-state index contributed by atoms with van der Waals surface area (Å²) in [6.07, 6.45) is 11.8. The van der Waals surface area contributed by atoms with Crippen molar-refractivity contribution < 1.29 is 13.2 Å². The van der Waals surface area contributed by atoms with Crippen LogP contribution in [0.25, 0.3) is 11.2 Å². The molecule has 2 unspecified atom stereocenters. The van der Waals surface area contributed by atoms with Crippen molar-refractivity contribution in [2.45, 2.75) is 119 Å². The summed E-state index contributed by atoms with van der Waals surface area (Å²) >= 11 is 2.13. The Morgan fingerprint density at radius 3 is 2.47 bits per heavy atom. The molecule has 4 atom stereocenters. The average Bonchev–Trinajstić information content (AvgIpc) is 3.36. The second-order valence-corrected chi connectivity index (χ2v) is 16.3. The van der Waals surface area contributed by atoms with E-state index < -0.39 is 17.4 Å². The molecule has 2 aromatic heterocycles. The highest BCUT2D eigenvalue weighted by molar-refractivity contribution is 8.01. The number of piperidine rings is 1. The number of fused-ring (bicyclic) bond motifs is 1. The molecular weight excluding hydrogens is 593 g/mol. The number of nitrogens with one attached hydrogen (secondary N) is 1. The van der Waals surface area contributed by atoms with E-state index in [1.807, 2.05) is 12.1 Å². The van der Waals surface area contributed by atoms with Crippen LogP contribution in [0.5, 0.6) is 0 Å². The third-order valence-corrected chi connectivity index (χ3v) is 12.8. The quantitative estimate of drug-likeness (QED) is 0.294. The zero-order valence-corrected chi connectivity index (χ0v) is 27.4. The monoisotopic (exact) mass is 640 g/mol. The first kappa shape index (κ1) is 31.4. The first-order valence-electron chi connectivity index (χ1n) is 17.2. The maximum atomic E-state index is 14.4. The number of hydrogen-bond donors (Lipinski definition) is 1. The summed E-state index contributed by atoms with van der Waals surface area (Å²) < 4.78 is 45.9. The van der Waals surface area contributed by atoms with Gasteiger partial charge in [0.1, 0.15) is 0 Å². The highest BCUT2D eigenvalue weighted by Gasteiger charge is 2.48. The van der Waals surface area contributed by atoms with Crippen LogP contribution in [-0.2, 0) is 12.7 Å². The highest BCUT2D eigenvalue weighted by Crippen LogP contribution is 2.52. The Balaban J connectivity index is 1.24. The maximum absolute atomic E-state index is 14.4. The van der Waals surface area contributed by atoms with Gasteiger partial charge in [0, 0.05) is 42.7 Å². The molecule has 7 rings (SSSR count). The van der Waals surface area contributed by atoms with Crippen molar-refractivity contribution >= 4 is 17.3 Å². The SMILES string of the molecule is CC1SC2(CCCCCC2)NC1[C@H](c1cccc(-n2cc3c(C(F)(F)F)cc(CN4CCC[C@H](C)C4)cn3c2=O)c1)C1CCC1. The van der Waals surface area contributed by atoms with Gasteiger partial charge in [-0.15, -0.1) is 11.8 Å². The summed E-state index contributed by atoms with van der Waals surface area (Å²) in [7, 11) is 0. The van der Waals surface area contributed by atoms with Crippen molar-refractivity contribution in [2.75, 3.05) is 13.1 Å². The van der Waals surface area contributed by atoms with Crippen LogP contribution in [0.3, 0.4) is 0 Å². The number of nitrogens with zero attached hydrogens (tertiary/aromatic N) is 3. The standard InChI is InChI=1S/C36H47F3N4OS/c1-24-10-9-17-41(20-24)21-26-18-30(36(37,38)39)31-23-42(34(44)43(31)22-26)29-14-8-13-28(19-29)32(27-11-7-12-27)33-25(2)45-35(40-33)15-5-3-4-6-16-35/h8,13-14,18-19,22-25,27,32-33,40H,3-7,9-12,15-17,20-21H2,1-2H3/t24-,25?,32-,33?/m0/s1. The molecule has 2 aliphatic heterocycles. The van der Waals surface area contributed by atoms with Crippen molar-refractivity contribution in [1.82, 2.24) is 19.2 Å². The van der Waals surface area contributed by atoms with E-state index in [-0.39, 0.29) is 10.4 Å². The molecule has 45 heavy (non-hydrogen) atoms. The van der Waals surface area contributed by atoms with Crippen LogP contribution in [0, 0.1) is 11.8 Å². The lowest BCUT2D eigenvalue weighted by Gasteiger charge is -2.40. The molecular formula is C36H47F3N4OS. The van der Waals surface area contributed by atoms with Crippen LogP contribution in [0.1, 0.15) is 107 Å². The maximum Gasteiger partial charge on any atom is 0.418 e. The number of aromatic nitrogens is 2. The van der Waals surface area contributed by atoms with Crippen LogP contribution in [0.15, 0.2) is 47.5 Å². The molecule has 1 N–H and O–H groups in total. The van der Waals surface area contributed by atoms with Crippen molar-refractivity contribution in [3.05, 3.63) is 69.9 Å². The lowest BCUT2D eigenvalue weighted by atomic mass is 9.69. The van der Waals surface area contributed by atoms with Crippen LogP contribution >= 0.6 is 11.8 Å². The summed E-state index contributed by atoms with van der Waals surface area (Å²) in [4.78, 5) is 16.2. The smallest absolute Gasteiger partial charge is 0.299 e. The lowest BCUT2D eigenvalue weighted by Crippen LogP contribution is -2.47. The van der Waals surface area contributed by atoms with Gasteiger partial charge in [-0.3, -0.25) is 19.2 Å². The minimum Gasteiger partial charge on any atom is -0.299 e. The number of benzene rings is 1. The van der Waals surface area contributed by atoms with Crippen LogP contribution in [0.2, 0.25) is 0 Å². The predicted octanol–water partition coefficient (Wildman–Crippen LogP) is 8.37. The zero-order chi connectivity index (χ0) is 31.3. The third kappa shape index (κ3) is 6.26. The minimum absolute atomic E-state index is 0.0954. The fourth-order valence-electron chi connectivity index (χ4n) is 8.71. The molecule has 9 heteroatoms. The zero-order valence-electron chi connectivity index (χ0n) is 26.6. The molecule has 3 aromatic rings. The third-order valence-electron chi connectivity index (χ3n) is 11.1. The molecule has 0 radical (unpaired) electrons. The van der Waals surface area contributed by atoms with Crippen molar-refractivity contribution in [3.63, 3.8) is 0 Å². The molecule has 4 aliphatic rings. The van der Waals surface area contributed by atoms with Gasteiger partial charge in [-0.1, -0.05) is 58.1 Å². The van der Waals surface area contributed by atoms with E-state index in [4.69, 9.17) is 0 Å². The van der Waals surface area contributed by atoms with Gasteiger partial charge in [-0.25, -0.2) is 4.79 Å². The Hall–Kier alpha value is -2.23. The van der Waals surface area contributed by atoms with Gasteiger partial charge in [0.15, 0.2) is 0 Å². The summed E-state index contributed by atoms with van der Waals surface area (Å²) in [6, 6.07) is 9.66. The van der Waals surface area contributed by atoms with Gasteiger partial charge in [-0.2, -0.15) is 13.2 Å². The van der Waals surface area contributed by atoms with E-state index in [9.17, 15) is 18.0 Å². The number of thioether (sulfide) groups is 1. The Morgan fingerprint density at radius 2 is 1.78 bits per heavy atom. The number of alkyl halides is 3. The lowest BCUT2D eigenvalue weighted by molar-refractivity contribution is -0.136. The van der Waals surface area contributed by atoms with Gasteiger partial charge in [0.05, 0.1) is 21.6 Å². The molecule has 1 spiro atoms.